The van der Waals surface area contributed by atoms with Crippen molar-refractivity contribution in [2.24, 2.45) is 27.2 Å². The first-order valence-electron chi connectivity index (χ1n) is 41.0. The minimum Gasteiger partial charge on any atom is -0.507 e. The Kier molecular flexibility index (Phi) is 43.3. The van der Waals surface area contributed by atoms with Gasteiger partial charge in [-0.2, -0.15) is 0 Å². The fourth-order valence-corrected chi connectivity index (χ4v) is 14.7. The Hall–Kier alpha value is -12.0. The Bertz CT molecular complexity index is 4790. The second kappa shape index (κ2) is 53.2. The number of nitrogens with zero attached hydrogens (tertiary/aromatic N) is 4. The minimum absolute atomic E-state index is 0.0319. The fraction of sp³-hybridized carbons (Fsp3) is 0.442. The predicted octanol–water partition coefficient (Wildman–Crippen LogP) is 2.32. The molecule has 0 bridgehead atoms. The molecule has 2 saturated heterocycles. The number of amides is 11. The second-order valence-electron chi connectivity index (χ2n) is 30.0. The summed E-state index contributed by atoms with van der Waals surface area (Å²) in [5.74, 6) is -8.86. The Morgan fingerprint density at radius 2 is 0.744 bits per heavy atom. The number of carbonyl (C=O) groups excluding carboxylic acids is 11. The number of aliphatic imine (C=N–C) groups is 2. The molecule has 6 aromatic carbocycles. The minimum atomic E-state index is -1.23. The maximum absolute atomic E-state index is 14.4. The summed E-state index contributed by atoms with van der Waals surface area (Å²) in [7, 11) is 5.93. The number of carbonyl (C=O) groups is 14. The molecule has 2 fully saturated rings. The number of fused-ring (bicyclic) bond motifs is 2. The molecule has 39 heteroatoms. The number of hydrogen-bond acceptors (Lipinski definition) is 19. The van der Waals surface area contributed by atoms with Crippen molar-refractivity contribution in [3.8, 4) is 11.5 Å². The van der Waals surface area contributed by atoms with Crippen molar-refractivity contribution in [3.05, 3.63) is 151 Å². The number of hydrogen-bond donors (Lipinski definition) is 19. The molecule has 37 nitrogen and oxygen atoms in total. The number of carboxylic acid groups (broad SMARTS) is 3. The monoisotopic (exact) mass is 1960 g/mol. The highest BCUT2D eigenvalue weighted by atomic mass is 127. The number of halogens is 2. The summed E-state index contributed by atoms with van der Waals surface area (Å²) in [6.45, 7) is 0.0221. The summed E-state index contributed by atoms with van der Waals surface area (Å²) in [6.07, 6.45) is 3.79. The molecule has 2 aliphatic heterocycles. The molecular weight excluding hydrogens is 1840 g/mol. The summed E-state index contributed by atoms with van der Waals surface area (Å²) in [5.41, 5.74) is 20.1. The molecule has 125 heavy (non-hydrogen) atoms. The third kappa shape index (κ3) is 35.6. The van der Waals surface area contributed by atoms with Crippen LogP contribution in [0.4, 0.5) is 0 Å². The van der Waals surface area contributed by atoms with Crippen molar-refractivity contribution < 1.29 is 92.7 Å². The van der Waals surface area contributed by atoms with Crippen molar-refractivity contribution in [1.82, 2.24) is 68.3 Å². The zero-order valence-electron chi connectivity index (χ0n) is 70.3. The van der Waals surface area contributed by atoms with Crippen LogP contribution < -0.4 is 75.7 Å². The zero-order chi connectivity index (χ0) is 91.7. The average Bonchev–Trinajstić information content (AvgIpc) is 1.50. The van der Waals surface area contributed by atoms with Gasteiger partial charge in [0.05, 0.1) is 20.2 Å². The van der Waals surface area contributed by atoms with Crippen molar-refractivity contribution in [1.29, 1.82) is 0 Å². The first-order chi connectivity index (χ1) is 59.7. The number of rotatable bonds is 33. The van der Waals surface area contributed by atoms with Gasteiger partial charge in [-0.15, -0.1) is 0 Å². The van der Waals surface area contributed by atoms with E-state index in [1.165, 1.54) is 50.1 Å². The third-order valence-corrected chi connectivity index (χ3v) is 22.2. The van der Waals surface area contributed by atoms with Gasteiger partial charge >= 0.3 is 17.9 Å². The van der Waals surface area contributed by atoms with Crippen LogP contribution in [-0.2, 0) is 92.8 Å². The Balaban J connectivity index is 0.000000351. The van der Waals surface area contributed by atoms with E-state index >= 15 is 0 Å². The van der Waals surface area contributed by atoms with Crippen molar-refractivity contribution >= 4 is 162 Å². The normalized spacial score (nSPS) is 19.2. The SMILES string of the molecule is CN=C(N)NCCC[C@@H]1NC(=O)[C@@H](CCCN)N(C)C(=O)[C@@H](Cc2ccc(O)c(I)c2)NC(=O)CNC(=O)[C@H](Cc2ccc3ccccc3c2)NC1=O.CN=C(N)NCCC[C@@H]1NC(=O)[C@@H](CCCNC(=O)CCCCC(=O)O)N(C)C(=O)[C@@H](Cc2ccc(O)c(I)c2)NC(=O)CNC(=O)[C@H](Cc2ccc3ccccc3c2)NC1=O.O=C(O)CCCCC(=O)O. The number of aromatic hydroxyl groups is 2. The number of unbranched alkanes of at least 4 members (excludes halogenated alkanes) is 2. The summed E-state index contributed by atoms with van der Waals surface area (Å²) >= 11 is 3.91. The van der Waals surface area contributed by atoms with Gasteiger partial charge in [0.25, 0.3) is 0 Å². The number of benzene rings is 6. The number of guanidine groups is 2. The maximum atomic E-state index is 14.4. The molecule has 8 atom stereocenters. The lowest BCUT2D eigenvalue weighted by molar-refractivity contribution is -0.142. The number of phenols is 2. The molecule has 6 aromatic rings. The van der Waals surface area contributed by atoms with Gasteiger partial charge < -0.3 is 111 Å². The van der Waals surface area contributed by atoms with Crippen molar-refractivity contribution in [2.75, 3.05) is 67.5 Å². The van der Waals surface area contributed by atoms with Gasteiger partial charge in [-0.05, 0) is 197 Å². The van der Waals surface area contributed by atoms with Crippen LogP contribution in [0, 0.1) is 7.14 Å². The van der Waals surface area contributed by atoms with Gasteiger partial charge in [-0.1, -0.05) is 97.1 Å². The number of phenolic OH excluding ortho intramolecular Hbond substituents is 2. The van der Waals surface area contributed by atoms with Crippen LogP contribution in [0.1, 0.15) is 125 Å². The van der Waals surface area contributed by atoms with Gasteiger partial charge in [-0.3, -0.25) is 77.1 Å². The van der Waals surface area contributed by atoms with E-state index in [1.807, 2.05) is 130 Å². The molecule has 0 aliphatic carbocycles. The predicted molar refractivity (Wildman–Crippen MR) is 485 cm³/mol. The zero-order valence-corrected chi connectivity index (χ0v) is 74.6. The highest BCUT2D eigenvalue weighted by Crippen LogP contribution is 2.26. The average molecular weight is 1960 g/mol. The molecule has 2 heterocycles. The van der Waals surface area contributed by atoms with E-state index in [-0.39, 0.29) is 126 Å². The van der Waals surface area contributed by atoms with E-state index in [4.69, 9.17) is 32.5 Å². The molecule has 8 rings (SSSR count). The van der Waals surface area contributed by atoms with E-state index in [0.29, 0.717) is 76.3 Å². The molecule has 0 saturated carbocycles. The van der Waals surface area contributed by atoms with Crippen LogP contribution >= 0.6 is 45.2 Å². The molecule has 0 unspecified atom stereocenters. The Morgan fingerprint density at radius 3 is 1.12 bits per heavy atom. The quantitative estimate of drug-likeness (QED) is 0.0122. The summed E-state index contributed by atoms with van der Waals surface area (Å²) in [5, 5.41) is 79.8. The third-order valence-electron chi connectivity index (χ3n) is 20.5. The number of likely N-dealkylation sites (N-methyl/N-ethyl adjacent to an activating group) is 2. The van der Waals surface area contributed by atoms with E-state index in [2.05, 4.69) is 68.5 Å². The number of carboxylic acids is 3. The Labute approximate surface area is 751 Å². The molecule has 11 amide bonds. The number of nitrogens with two attached hydrogens (primary N) is 3. The number of aliphatic carboxylic acids is 3. The molecule has 22 N–H and O–H groups in total. The van der Waals surface area contributed by atoms with Crippen LogP contribution in [0.25, 0.3) is 21.5 Å². The van der Waals surface area contributed by atoms with Crippen LogP contribution in [0.5, 0.6) is 11.5 Å². The molecule has 0 radical (unpaired) electrons. The molecule has 0 aromatic heterocycles. The van der Waals surface area contributed by atoms with Crippen molar-refractivity contribution in [2.45, 2.75) is 177 Å². The Morgan fingerprint density at radius 1 is 0.408 bits per heavy atom. The largest absolute Gasteiger partial charge is 0.507 e. The van der Waals surface area contributed by atoms with Crippen LogP contribution in [0.3, 0.4) is 0 Å². The van der Waals surface area contributed by atoms with E-state index in [1.54, 1.807) is 24.3 Å². The molecular formula is C86H114I2N18O19. The lowest BCUT2D eigenvalue weighted by Gasteiger charge is -2.32. The van der Waals surface area contributed by atoms with Crippen LogP contribution in [0.2, 0.25) is 0 Å². The van der Waals surface area contributed by atoms with Crippen LogP contribution in [0.15, 0.2) is 131 Å². The van der Waals surface area contributed by atoms with E-state index < -0.39 is 138 Å². The van der Waals surface area contributed by atoms with Gasteiger partial charge in [0.1, 0.15) is 59.8 Å². The van der Waals surface area contributed by atoms with Crippen LogP contribution in [-0.4, -0.2) is 246 Å². The highest BCUT2D eigenvalue weighted by Gasteiger charge is 2.39. The molecule has 676 valence electrons. The number of nitrogens with one attached hydrogen (secondary N) is 11. The summed E-state index contributed by atoms with van der Waals surface area (Å²) in [4.78, 5) is 193. The fourth-order valence-electron chi connectivity index (χ4n) is 13.6. The summed E-state index contributed by atoms with van der Waals surface area (Å²) in [6, 6.07) is 27.2. The summed E-state index contributed by atoms with van der Waals surface area (Å²) < 4.78 is 1.07. The topological polar surface area (TPSA) is 582 Å². The lowest BCUT2D eigenvalue weighted by Crippen LogP contribution is -2.58. The first kappa shape index (κ1) is 102. The van der Waals surface area contributed by atoms with Gasteiger partial charge in [0.2, 0.25) is 65.0 Å². The second-order valence-corrected chi connectivity index (χ2v) is 32.3. The van der Waals surface area contributed by atoms with Gasteiger partial charge in [0, 0.05) is 99.2 Å². The first-order valence-corrected chi connectivity index (χ1v) is 43.2. The van der Waals surface area contributed by atoms with Crippen molar-refractivity contribution in [3.63, 3.8) is 0 Å². The van der Waals surface area contributed by atoms with Gasteiger partial charge in [-0.25, -0.2) is 0 Å². The standard InChI is InChI=1S/C43H56IN9O9.C37H48IN9O6.C6H10O4/c1-46-43(45)48-20-7-11-31-40(60)52-32(23-26-15-17-28-9-3-4-10-29(28)21-26)39(59)49-25-37(56)50-33(24-27-16-18-35(54)30(44)22-27)42(62)53(2)34(41(61)51-31)12-8-19-47-36(55)13-5-6-14-38(57)58;1-41-37(40)42-16-6-9-27-34(51)46-28(19-22-11-13-24-7-3-4-8-25(24)17-22)33(50)43-21-32(49)44-29(20-23-12-14-31(48)26(38)18-23)36(53)47(2)30(10-5-15-39)35(52)45-27;7-5(8)3-1-2-4-6(9)10/h3-4,9-10,15-18,21-22,31-34,54H,5-8,11-14,19-20,23-25H2,1-2H3,(H,47,55)(H,49,59)(H,50,56)(H,51,61)(H,52,60)(H,57,58)(H3,45,46,48);3-4,7-8,11-14,17-18,27-30,48H,5-6,9-10,15-16,19-21,39H2,1-2H3,(H,43,50)(H,44,49)(H,45,52)(H,46,51)(H3,40,41,42);1-4H2,(H,7,8)(H,9,10)/t31-,32-,33+,34+;27-,28-,29+,30+;/m00./s1. The van der Waals surface area contributed by atoms with Gasteiger partial charge in [0.15, 0.2) is 11.9 Å². The molecule has 2 aliphatic rings. The molecule has 0 spiro atoms. The smallest absolute Gasteiger partial charge is 0.303 e. The maximum Gasteiger partial charge on any atom is 0.303 e. The highest BCUT2D eigenvalue weighted by molar-refractivity contribution is 14.1. The van der Waals surface area contributed by atoms with E-state index in [0.717, 1.165) is 32.7 Å². The lowest BCUT2D eigenvalue weighted by atomic mass is 10.00. The van der Waals surface area contributed by atoms with E-state index in [9.17, 15) is 77.3 Å².